The molecule has 4 N–H and O–H groups in total. The Morgan fingerprint density at radius 3 is 2.93 bits per heavy atom. The number of phenolic OH excluding ortho intramolecular Hbond substituents is 1. The summed E-state index contributed by atoms with van der Waals surface area (Å²) in [5.74, 6) is 0.0698. The molecule has 76 valence electrons. The lowest BCUT2D eigenvalue weighted by Crippen LogP contribution is -2.04. The molecule has 2 rings (SSSR count). The first-order chi connectivity index (χ1) is 7.18. The lowest BCUT2D eigenvalue weighted by atomic mass is 10.0. The molecule has 2 aromatic rings. The second-order valence-electron chi connectivity index (χ2n) is 3.06. The van der Waals surface area contributed by atoms with Crippen LogP contribution in [-0.4, -0.2) is 16.0 Å². The summed E-state index contributed by atoms with van der Waals surface area (Å²) in [5, 5.41) is 20.6. The summed E-state index contributed by atoms with van der Waals surface area (Å²) in [5.41, 5.74) is 7.27. The van der Waals surface area contributed by atoms with E-state index < -0.39 is 0 Å². The van der Waals surface area contributed by atoms with Gasteiger partial charge in [0, 0.05) is 11.3 Å². The molecule has 0 unspecified atom stereocenters. The quantitative estimate of drug-likeness (QED) is 0.390. The second kappa shape index (κ2) is 3.45. The number of hydrogen-bond acceptors (Lipinski definition) is 5. The molecule has 0 saturated heterocycles. The number of nitrogen functional groups attached to an aromatic ring is 1. The Balaban J connectivity index is 2.46. The fraction of sp³-hybridized carbons (Fsp3) is 0. The van der Waals surface area contributed by atoms with Crippen molar-refractivity contribution in [1.82, 2.24) is 5.16 Å². The lowest BCUT2D eigenvalue weighted by Gasteiger charge is -2.05. The normalized spacial score (nSPS) is 10.1. The summed E-state index contributed by atoms with van der Waals surface area (Å²) < 4.78 is 4.63. The summed E-state index contributed by atoms with van der Waals surface area (Å²) >= 11 is 0. The Hall–Kier alpha value is -2.30. The lowest BCUT2D eigenvalue weighted by molar-refractivity contribution is 0.419. The monoisotopic (exact) mass is 203 g/mol. The Morgan fingerprint density at radius 1 is 1.47 bits per heavy atom. The van der Waals surface area contributed by atoms with Gasteiger partial charge in [-0.1, -0.05) is 5.16 Å². The van der Waals surface area contributed by atoms with Crippen molar-refractivity contribution < 1.29 is 9.63 Å². The third-order valence-electron chi connectivity index (χ3n) is 2.03. The van der Waals surface area contributed by atoms with E-state index in [1.54, 1.807) is 6.07 Å². The minimum atomic E-state index is 0.0698. The van der Waals surface area contributed by atoms with E-state index in [9.17, 15) is 5.11 Å². The number of aromatic nitrogens is 1. The summed E-state index contributed by atoms with van der Waals surface area (Å²) in [7, 11) is 0. The molecule has 0 aliphatic rings. The van der Waals surface area contributed by atoms with Gasteiger partial charge in [0.05, 0.1) is 17.5 Å². The number of aromatic hydroxyl groups is 1. The zero-order valence-electron chi connectivity index (χ0n) is 7.77. The Kier molecular flexibility index (Phi) is 2.13. The van der Waals surface area contributed by atoms with Gasteiger partial charge in [-0.25, -0.2) is 0 Å². The highest BCUT2D eigenvalue weighted by atomic mass is 16.5. The van der Waals surface area contributed by atoms with Crippen LogP contribution in [0, 0.1) is 5.41 Å². The number of nitrogens with zero attached hydrogens (tertiary/aromatic N) is 1. The number of rotatable bonds is 2. The summed E-state index contributed by atoms with van der Waals surface area (Å²) in [6.45, 7) is 0. The second-order valence-corrected chi connectivity index (χ2v) is 3.06. The molecule has 1 aromatic carbocycles. The molecule has 5 heteroatoms. The fourth-order valence-electron chi connectivity index (χ4n) is 1.24. The maximum Gasteiger partial charge on any atom is 0.133 e. The number of nitrogens with two attached hydrogens (primary N) is 1. The predicted octanol–water partition coefficient (Wildman–Crippen LogP) is 1.38. The molecule has 0 radical (unpaired) electrons. The van der Waals surface area contributed by atoms with Crippen molar-refractivity contribution in [3.8, 4) is 5.75 Å². The van der Waals surface area contributed by atoms with Crippen molar-refractivity contribution in [3.05, 3.63) is 41.8 Å². The van der Waals surface area contributed by atoms with Gasteiger partial charge < -0.3 is 15.4 Å². The maximum absolute atomic E-state index is 9.29. The Morgan fingerprint density at radius 2 is 2.27 bits per heavy atom. The first-order valence-corrected chi connectivity index (χ1v) is 4.25. The molecule has 0 bridgehead atoms. The number of anilines is 1. The third-order valence-corrected chi connectivity index (χ3v) is 2.03. The molecular weight excluding hydrogens is 194 g/mol. The first kappa shape index (κ1) is 9.26. The topological polar surface area (TPSA) is 96.1 Å². The van der Waals surface area contributed by atoms with Crippen molar-refractivity contribution in [3.63, 3.8) is 0 Å². The number of benzene rings is 1. The van der Waals surface area contributed by atoms with Crippen LogP contribution < -0.4 is 5.73 Å². The minimum Gasteiger partial charge on any atom is -0.508 e. The van der Waals surface area contributed by atoms with Crippen molar-refractivity contribution >= 4 is 11.4 Å². The van der Waals surface area contributed by atoms with E-state index in [2.05, 4.69) is 9.68 Å². The molecule has 0 atom stereocenters. The fourth-order valence-corrected chi connectivity index (χ4v) is 1.24. The molecule has 1 aromatic heterocycles. The number of phenols is 1. The van der Waals surface area contributed by atoms with Gasteiger partial charge in [-0.2, -0.15) is 0 Å². The van der Waals surface area contributed by atoms with Crippen molar-refractivity contribution in [2.75, 3.05) is 5.73 Å². The summed E-state index contributed by atoms with van der Waals surface area (Å²) in [4.78, 5) is 0. The number of hydrogen-bond donors (Lipinski definition) is 3. The number of nitrogens with one attached hydrogen (secondary N) is 1. The van der Waals surface area contributed by atoms with Gasteiger partial charge in [-0.15, -0.1) is 0 Å². The van der Waals surface area contributed by atoms with Crippen LogP contribution in [0.2, 0.25) is 0 Å². The smallest absolute Gasteiger partial charge is 0.133 e. The van der Waals surface area contributed by atoms with Crippen LogP contribution >= 0.6 is 0 Å². The first-order valence-electron chi connectivity index (χ1n) is 4.25. The zero-order chi connectivity index (χ0) is 10.8. The zero-order valence-corrected chi connectivity index (χ0v) is 7.77. The standard InChI is InChI=1S/C10H9N3O2/c11-9-2-1-7(14)3-8(9)10(12)6-4-13-15-5-6/h1-5,12,14H,11H2. The van der Waals surface area contributed by atoms with E-state index in [0.717, 1.165) is 0 Å². The summed E-state index contributed by atoms with van der Waals surface area (Å²) in [6, 6.07) is 4.46. The van der Waals surface area contributed by atoms with E-state index in [4.69, 9.17) is 11.1 Å². The average Bonchev–Trinajstić information content (AvgIpc) is 2.74. The predicted molar refractivity (Wildman–Crippen MR) is 55.0 cm³/mol. The molecule has 0 aliphatic carbocycles. The largest absolute Gasteiger partial charge is 0.508 e. The SMILES string of the molecule is N=C(c1cnoc1)c1cc(O)ccc1N. The van der Waals surface area contributed by atoms with Crippen LogP contribution in [0.1, 0.15) is 11.1 Å². The van der Waals surface area contributed by atoms with Gasteiger partial charge in [0.1, 0.15) is 12.0 Å². The van der Waals surface area contributed by atoms with Gasteiger partial charge in [-0.3, -0.25) is 5.41 Å². The van der Waals surface area contributed by atoms with E-state index in [1.165, 1.54) is 24.6 Å². The maximum atomic E-state index is 9.29. The van der Waals surface area contributed by atoms with Gasteiger partial charge in [0.2, 0.25) is 0 Å². The van der Waals surface area contributed by atoms with Crippen LogP contribution in [0.4, 0.5) is 5.69 Å². The highest BCUT2D eigenvalue weighted by Crippen LogP contribution is 2.21. The minimum absolute atomic E-state index is 0.0698. The van der Waals surface area contributed by atoms with Crippen molar-refractivity contribution in [2.45, 2.75) is 0 Å². The molecule has 0 saturated carbocycles. The van der Waals surface area contributed by atoms with Crippen LogP contribution in [0.5, 0.6) is 5.75 Å². The van der Waals surface area contributed by atoms with Gasteiger partial charge in [-0.05, 0) is 18.2 Å². The molecule has 5 nitrogen and oxygen atoms in total. The van der Waals surface area contributed by atoms with E-state index >= 15 is 0 Å². The van der Waals surface area contributed by atoms with Gasteiger partial charge in [0.15, 0.2) is 0 Å². The Labute approximate surface area is 85.6 Å². The molecule has 0 fully saturated rings. The van der Waals surface area contributed by atoms with Crippen LogP contribution in [-0.2, 0) is 0 Å². The highest BCUT2D eigenvalue weighted by Gasteiger charge is 2.10. The van der Waals surface area contributed by atoms with E-state index in [1.807, 2.05) is 0 Å². The molecule has 0 aliphatic heterocycles. The van der Waals surface area contributed by atoms with Gasteiger partial charge >= 0.3 is 0 Å². The van der Waals surface area contributed by atoms with E-state index in [0.29, 0.717) is 16.8 Å². The van der Waals surface area contributed by atoms with Crippen molar-refractivity contribution in [2.24, 2.45) is 0 Å². The van der Waals surface area contributed by atoms with Crippen molar-refractivity contribution in [1.29, 1.82) is 5.41 Å². The third kappa shape index (κ3) is 1.67. The van der Waals surface area contributed by atoms with Gasteiger partial charge in [0.25, 0.3) is 0 Å². The van der Waals surface area contributed by atoms with Crippen LogP contribution in [0.25, 0.3) is 0 Å². The molecular formula is C10H9N3O2. The molecule has 0 spiro atoms. The highest BCUT2D eigenvalue weighted by molar-refractivity contribution is 6.13. The molecule has 0 amide bonds. The average molecular weight is 203 g/mol. The molecule has 15 heavy (non-hydrogen) atoms. The van der Waals surface area contributed by atoms with Crippen LogP contribution in [0.3, 0.4) is 0 Å². The van der Waals surface area contributed by atoms with Crippen LogP contribution in [0.15, 0.2) is 35.2 Å². The Bertz CT molecular complexity index is 491. The van der Waals surface area contributed by atoms with E-state index in [-0.39, 0.29) is 11.5 Å². The summed E-state index contributed by atoms with van der Waals surface area (Å²) in [6.07, 6.45) is 2.78. The molecule has 1 heterocycles.